The van der Waals surface area contributed by atoms with Gasteiger partial charge in [-0.3, -0.25) is 4.79 Å². The van der Waals surface area contributed by atoms with E-state index in [1.807, 2.05) is 59.1 Å². The Kier molecular flexibility index (Phi) is 7.90. The molecule has 2 rings (SSSR count). The number of nitrogens with zero attached hydrogens (tertiary/aromatic N) is 2. The highest BCUT2D eigenvalue weighted by molar-refractivity contribution is 5.80. The molecule has 2 amide bonds. The van der Waals surface area contributed by atoms with Gasteiger partial charge in [-0.15, -0.1) is 0 Å². The number of hydrogen-bond acceptors (Lipinski definition) is 5. The molecule has 1 saturated heterocycles. The molecule has 1 aromatic rings. The van der Waals surface area contributed by atoms with E-state index in [1.54, 1.807) is 12.0 Å². The fourth-order valence-corrected chi connectivity index (χ4v) is 3.45. The second kappa shape index (κ2) is 9.96. The summed E-state index contributed by atoms with van der Waals surface area (Å²) >= 11 is 0. The largest absolute Gasteiger partial charge is 0.497 e. The molecule has 2 unspecified atom stereocenters. The molecule has 7 nitrogen and oxygen atoms in total. The molecular weight excluding hydrogens is 370 g/mol. The molecule has 1 N–H and O–H groups in total. The molecule has 0 aromatic heterocycles. The van der Waals surface area contributed by atoms with Crippen LogP contribution in [0.5, 0.6) is 5.75 Å². The number of benzene rings is 1. The van der Waals surface area contributed by atoms with Gasteiger partial charge in [0, 0.05) is 19.6 Å². The van der Waals surface area contributed by atoms with Crippen LogP contribution in [0, 0.1) is 5.92 Å². The first-order valence-electron chi connectivity index (χ1n) is 10.2. The molecule has 0 bridgehead atoms. The fourth-order valence-electron chi connectivity index (χ4n) is 3.45. The second-order valence-corrected chi connectivity index (χ2v) is 8.76. The lowest BCUT2D eigenvalue weighted by molar-refractivity contribution is -0.126. The van der Waals surface area contributed by atoms with Gasteiger partial charge in [-0.2, -0.15) is 0 Å². The van der Waals surface area contributed by atoms with E-state index in [0.717, 1.165) is 24.2 Å². The van der Waals surface area contributed by atoms with E-state index in [0.29, 0.717) is 19.6 Å². The average molecular weight is 406 g/mol. The van der Waals surface area contributed by atoms with Gasteiger partial charge in [0.25, 0.3) is 0 Å². The summed E-state index contributed by atoms with van der Waals surface area (Å²) in [6.45, 7) is 7.07. The molecule has 162 valence electrons. The van der Waals surface area contributed by atoms with Crippen LogP contribution in [0.4, 0.5) is 4.79 Å². The molecule has 0 saturated carbocycles. The molecule has 1 fully saturated rings. The SMILES string of the molecule is COc1ccc(C(CNC(=O)C2CCCN(C(=O)OC(C)(C)C)C2)N(C)C)cc1. The van der Waals surface area contributed by atoms with Crippen molar-refractivity contribution in [3.05, 3.63) is 29.8 Å². The third-order valence-corrected chi connectivity index (χ3v) is 5.04. The van der Waals surface area contributed by atoms with Crippen LogP contribution < -0.4 is 10.1 Å². The van der Waals surface area contributed by atoms with Crippen LogP contribution >= 0.6 is 0 Å². The van der Waals surface area contributed by atoms with Crippen LogP contribution in [-0.2, 0) is 9.53 Å². The van der Waals surface area contributed by atoms with E-state index in [2.05, 4.69) is 10.2 Å². The summed E-state index contributed by atoms with van der Waals surface area (Å²) in [6, 6.07) is 7.93. The molecule has 2 atom stereocenters. The molecule has 1 heterocycles. The molecule has 1 aliphatic rings. The number of carbonyl (C=O) groups is 2. The van der Waals surface area contributed by atoms with Gasteiger partial charge >= 0.3 is 6.09 Å². The molecule has 29 heavy (non-hydrogen) atoms. The monoisotopic (exact) mass is 405 g/mol. The summed E-state index contributed by atoms with van der Waals surface area (Å²) in [5, 5.41) is 3.08. The smallest absolute Gasteiger partial charge is 0.410 e. The molecule has 7 heteroatoms. The molecule has 0 aliphatic carbocycles. The number of nitrogens with one attached hydrogen (secondary N) is 1. The zero-order valence-electron chi connectivity index (χ0n) is 18.5. The summed E-state index contributed by atoms with van der Waals surface area (Å²) in [5.74, 6) is 0.577. The van der Waals surface area contributed by atoms with Crippen LogP contribution in [0.1, 0.15) is 45.2 Å². The summed E-state index contributed by atoms with van der Waals surface area (Å²) in [5.41, 5.74) is 0.568. The van der Waals surface area contributed by atoms with Crippen molar-refractivity contribution >= 4 is 12.0 Å². The van der Waals surface area contributed by atoms with E-state index >= 15 is 0 Å². The van der Waals surface area contributed by atoms with Crippen LogP contribution in [0.15, 0.2) is 24.3 Å². The Bertz CT molecular complexity index is 682. The minimum atomic E-state index is -0.538. The number of methoxy groups -OCH3 is 1. The van der Waals surface area contributed by atoms with Gasteiger partial charge < -0.3 is 24.6 Å². The van der Waals surface area contributed by atoms with Crippen LogP contribution in [0.3, 0.4) is 0 Å². The predicted molar refractivity (Wildman–Crippen MR) is 113 cm³/mol. The van der Waals surface area contributed by atoms with Gasteiger partial charge in [-0.25, -0.2) is 4.79 Å². The van der Waals surface area contributed by atoms with Gasteiger partial charge in [0.2, 0.25) is 5.91 Å². The first kappa shape index (κ1) is 23.0. The molecule has 0 radical (unpaired) electrons. The van der Waals surface area contributed by atoms with Crippen LogP contribution in [-0.4, -0.2) is 68.2 Å². The number of hydrogen-bond donors (Lipinski definition) is 1. The Labute approximate surface area is 174 Å². The maximum absolute atomic E-state index is 12.8. The van der Waals surface area contributed by atoms with Gasteiger partial charge in [0.1, 0.15) is 11.4 Å². The highest BCUT2D eigenvalue weighted by Gasteiger charge is 2.31. The van der Waals surface area contributed by atoms with Crippen molar-refractivity contribution in [1.82, 2.24) is 15.1 Å². The van der Waals surface area contributed by atoms with Gasteiger partial charge in [-0.1, -0.05) is 12.1 Å². The fraction of sp³-hybridized carbons (Fsp3) is 0.636. The van der Waals surface area contributed by atoms with E-state index < -0.39 is 5.60 Å². The summed E-state index contributed by atoms with van der Waals surface area (Å²) in [7, 11) is 5.63. The second-order valence-electron chi connectivity index (χ2n) is 8.76. The maximum atomic E-state index is 12.8. The summed E-state index contributed by atoms with van der Waals surface area (Å²) < 4.78 is 10.7. The third-order valence-electron chi connectivity index (χ3n) is 5.04. The normalized spacial score (nSPS) is 18.3. The Hall–Kier alpha value is -2.28. The zero-order valence-corrected chi connectivity index (χ0v) is 18.5. The van der Waals surface area contributed by atoms with Gasteiger partial charge in [0.15, 0.2) is 0 Å². The highest BCUT2D eigenvalue weighted by Crippen LogP contribution is 2.22. The van der Waals surface area contributed by atoms with Crippen molar-refractivity contribution in [2.45, 2.75) is 45.3 Å². The van der Waals surface area contributed by atoms with Crippen molar-refractivity contribution in [3.8, 4) is 5.75 Å². The zero-order chi connectivity index (χ0) is 21.6. The first-order valence-corrected chi connectivity index (χ1v) is 10.2. The lowest BCUT2D eigenvalue weighted by Crippen LogP contribution is -2.47. The van der Waals surface area contributed by atoms with Crippen molar-refractivity contribution in [1.29, 1.82) is 0 Å². The van der Waals surface area contributed by atoms with Crippen LogP contribution in [0.25, 0.3) is 0 Å². The van der Waals surface area contributed by atoms with E-state index in [4.69, 9.17) is 9.47 Å². The van der Waals surface area contributed by atoms with E-state index in [1.165, 1.54) is 0 Å². The number of likely N-dealkylation sites (tertiary alicyclic amines) is 1. The first-order chi connectivity index (χ1) is 13.6. The van der Waals surface area contributed by atoms with Crippen molar-refractivity contribution in [2.75, 3.05) is 40.8 Å². The van der Waals surface area contributed by atoms with Crippen molar-refractivity contribution < 1.29 is 19.1 Å². The summed E-state index contributed by atoms with van der Waals surface area (Å²) in [6.07, 6.45) is 1.23. The predicted octanol–water partition coefficient (Wildman–Crippen LogP) is 3.06. The Morgan fingerprint density at radius 1 is 1.24 bits per heavy atom. The van der Waals surface area contributed by atoms with Crippen molar-refractivity contribution in [3.63, 3.8) is 0 Å². The molecule has 0 spiro atoms. The van der Waals surface area contributed by atoms with Crippen molar-refractivity contribution in [2.24, 2.45) is 5.92 Å². The number of ether oxygens (including phenoxy) is 2. The number of amides is 2. The Balaban J connectivity index is 1.94. The maximum Gasteiger partial charge on any atom is 0.410 e. The number of piperidine rings is 1. The third kappa shape index (κ3) is 6.92. The van der Waals surface area contributed by atoms with Crippen LogP contribution in [0.2, 0.25) is 0 Å². The quantitative estimate of drug-likeness (QED) is 0.788. The topological polar surface area (TPSA) is 71.1 Å². The molecular formula is C22H35N3O4. The summed E-state index contributed by atoms with van der Waals surface area (Å²) in [4.78, 5) is 28.8. The molecule has 1 aliphatic heterocycles. The lowest BCUT2D eigenvalue weighted by atomic mass is 9.97. The lowest BCUT2D eigenvalue weighted by Gasteiger charge is -2.34. The van der Waals surface area contributed by atoms with E-state index in [-0.39, 0.29) is 24.0 Å². The highest BCUT2D eigenvalue weighted by atomic mass is 16.6. The van der Waals surface area contributed by atoms with Gasteiger partial charge in [0.05, 0.1) is 19.1 Å². The Morgan fingerprint density at radius 3 is 2.45 bits per heavy atom. The standard InChI is InChI=1S/C22H35N3O4/c1-22(2,3)29-21(27)25-13-7-8-17(15-25)20(26)23-14-19(24(4)5)16-9-11-18(28-6)12-10-16/h9-12,17,19H,7-8,13-15H2,1-6H3,(H,23,26). The molecule has 1 aromatic carbocycles. The average Bonchev–Trinajstić information content (AvgIpc) is 2.67. The minimum Gasteiger partial charge on any atom is -0.497 e. The minimum absolute atomic E-state index is 0.0152. The number of carbonyl (C=O) groups excluding carboxylic acids is 2. The Morgan fingerprint density at radius 2 is 1.90 bits per heavy atom. The van der Waals surface area contributed by atoms with E-state index in [9.17, 15) is 9.59 Å². The van der Waals surface area contributed by atoms with Gasteiger partial charge in [-0.05, 0) is 65.4 Å². The number of likely N-dealkylation sites (N-methyl/N-ethyl adjacent to an activating group) is 1. The number of rotatable bonds is 6.